The van der Waals surface area contributed by atoms with E-state index in [1.165, 1.54) is 8.61 Å². The maximum atomic E-state index is 13.1. The number of carbonyl (C=O) groups is 1. The van der Waals surface area contributed by atoms with Crippen LogP contribution < -0.4 is 0 Å². The van der Waals surface area contributed by atoms with Crippen LogP contribution >= 0.6 is 0 Å². The molecule has 4 saturated heterocycles. The minimum Gasteiger partial charge on any atom is -0.381 e. The van der Waals surface area contributed by atoms with Crippen LogP contribution in [0.25, 0.3) is 0 Å². The fraction of sp³-hybridized carbons (Fsp3) is 0.864. The van der Waals surface area contributed by atoms with E-state index < -0.39 is 10.2 Å². The lowest BCUT2D eigenvalue weighted by molar-refractivity contribution is -0.137. The molecular weight excluding hydrogens is 462 g/mol. The number of nitrogens with zero attached hydrogens (tertiary/aromatic N) is 5. The third kappa shape index (κ3) is 5.15. The summed E-state index contributed by atoms with van der Waals surface area (Å²) in [5.74, 6) is 2.01. The molecule has 1 aromatic heterocycles. The summed E-state index contributed by atoms with van der Waals surface area (Å²) in [4.78, 5) is 19.7. The van der Waals surface area contributed by atoms with Crippen molar-refractivity contribution in [3.05, 3.63) is 11.7 Å². The Kier molecular flexibility index (Phi) is 7.49. The molecule has 11 nitrogen and oxygen atoms in total. The van der Waals surface area contributed by atoms with Gasteiger partial charge in [0, 0.05) is 70.2 Å². The summed E-state index contributed by atoms with van der Waals surface area (Å²) in [5.41, 5.74) is 0. The molecule has 0 saturated carbocycles. The van der Waals surface area contributed by atoms with Gasteiger partial charge in [0.05, 0.1) is 13.2 Å². The molecular formula is C22H35N5O6S. The van der Waals surface area contributed by atoms with Crippen LogP contribution in [-0.4, -0.2) is 104 Å². The average molecular weight is 498 g/mol. The third-order valence-corrected chi connectivity index (χ3v) is 9.66. The van der Waals surface area contributed by atoms with E-state index in [0.29, 0.717) is 77.1 Å². The van der Waals surface area contributed by atoms with Crippen molar-refractivity contribution in [2.24, 2.45) is 5.92 Å². The Balaban J connectivity index is 1.09. The summed E-state index contributed by atoms with van der Waals surface area (Å²) < 4.78 is 45.0. The fourth-order valence-electron chi connectivity index (χ4n) is 5.41. The number of rotatable bonds is 5. The summed E-state index contributed by atoms with van der Waals surface area (Å²) >= 11 is 0. The Bertz CT molecular complexity index is 927. The molecule has 34 heavy (non-hydrogen) atoms. The first-order chi connectivity index (χ1) is 16.5. The van der Waals surface area contributed by atoms with Gasteiger partial charge >= 0.3 is 0 Å². The van der Waals surface area contributed by atoms with Crippen molar-refractivity contribution in [2.45, 2.75) is 50.4 Å². The normalized spacial score (nSPS) is 25.6. The van der Waals surface area contributed by atoms with Gasteiger partial charge < -0.3 is 18.9 Å². The number of morpholine rings is 1. The predicted molar refractivity (Wildman–Crippen MR) is 121 cm³/mol. The maximum absolute atomic E-state index is 13.1. The molecule has 0 N–H and O–H groups in total. The zero-order valence-corrected chi connectivity index (χ0v) is 20.5. The molecule has 0 unspecified atom stereocenters. The van der Waals surface area contributed by atoms with Crippen molar-refractivity contribution in [1.82, 2.24) is 23.7 Å². The van der Waals surface area contributed by atoms with Gasteiger partial charge in [0.1, 0.15) is 0 Å². The van der Waals surface area contributed by atoms with E-state index >= 15 is 0 Å². The predicted octanol–water partition coefficient (Wildman–Crippen LogP) is 0.959. The first-order valence-electron chi connectivity index (χ1n) is 12.6. The average Bonchev–Trinajstić information content (AvgIpc) is 3.40. The van der Waals surface area contributed by atoms with Crippen LogP contribution in [-0.2, 0) is 24.5 Å². The van der Waals surface area contributed by atoms with Crippen LogP contribution in [0.5, 0.6) is 0 Å². The Morgan fingerprint density at radius 3 is 2.06 bits per heavy atom. The second-order valence-corrected chi connectivity index (χ2v) is 11.6. The second-order valence-electron chi connectivity index (χ2n) is 9.67. The van der Waals surface area contributed by atoms with Crippen LogP contribution in [0.2, 0.25) is 0 Å². The fourth-order valence-corrected chi connectivity index (χ4v) is 7.02. The number of likely N-dealkylation sites (tertiary alicyclic amines) is 1. The Labute approximate surface area is 200 Å². The number of aromatic nitrogens is 2. The van der Waals surface area contributed by atoms with Crippen LogP contribution in [0, 0.1) is 5.92 Å². The van der Waals surface area contributed by atoms with Gasteiger partial charge in [-0.15, -0.1) is 0 Å². The topological polar surface area (TPSA) is 118 Å². The molecule has 12 heteroatoms. The van der Waals surface area contributed by atoms with Gasteiger partial charge in [-0.25, -0.2) is 0 Å². The van der Waals surface area contributed by atoms with Crippen molar-refractivity contribution in [3.63, 3.8) is 0 Å². The van der Waals surface area contributed by atoms with E-state index in [0.717, 1.165) is 44.7 Å². The smallest absolute Gasteiger partial charge is 0.282 e. The monoisotopic (exact) mass is 497 g/mol. The Morgan fingerprint density at radius 1 is 0.765 bits per heavy atom. The molecule has 0 spiro atoms. The highest BCUT2D eigenvalue weighted by atomic mass is 32.2. The molecule has 5 rings (SSSR count). The standard InChI is InChI=1S/C22H35N5O6S/c28-22(19-3-9-26(10-4-19)34(29,30)27-11-15-32-16-12-27)25-7-1-18(2-8-25)21-23-20(24-33-21)17-5-13-31-14-6-17/h17-19H,1-16H2. The van der Waals surface area contributed by atoms with Gasteiger partial charge in [-0.3, -0.25) is 4.79 Å². The van der Waals surface area contributed by atoms with Gasteiger partial charge in [0.25, 0.3) is 10.2 Å². The number of hydrogen-bond donors (Lipinski definition) is 0. The lowest BCUT2D eigenvalue weighted by Gasteiger charge is -2.38. The summed E-state index contributed by atoms with van der Waals surface area (Å²) in [5, 5.41) is 4.22. The van der Waals surface area contributed by atoms with Gasteiger partial charge in [-0.2, -0.15) is 22.0 Å². The molecule has 0 aromatic carbocycles. The summed E-state index contributed by atoms with van der Waals surface area (Å²) in [7, 11) is -3.47. The lowest BCUT2D eigenvalue weighted by atomic mass is 9.92. The SMILES string of the molecule is O=C(C1CCN(S(=O)(=O)N2CCOCC2)CC1)N1CCC(c2nc(C3CCOCC3)no2)CC1. The minimum atomic E-state index is -3.47. The van der Waals surface area contributed by atoms with Crippen molar-refractivity contribution in [1.29, 1.82) is 0 Å². The van der Waals surface area contributed by atoms with E-state index in [1.54, 1.807) is 0 Å². The first-order valence-corrected chi connectivity index (χ1v) is 13.9. The molecule has 1 amide bonds. The molecule has 4 fully saturated rings. The Morgan fingerprint density at radius 2 is 1.38 bits per heavy atom. The highest BCUT2D eigenvalue weighted by Gasteiger charge is 2.37. The van der Waals surface area contributed by atoms with Crippen molar-refractivity contribution >= 4 is 16.1 Å². The number of carbonyl (C=O) groups excluding carboxylic acids is 1. The van der Waals surface area contributed by atoms with Gasteiger partial charge in [0.15, 0.2) is 5.82 Å². The van der Waals surface area contributed by atoms with Crippen LogP contribution in [0.4, 0.5) is 0 Å². The minimum absolute atomic E-state index is 0.115. The number of amides is 1. The highest BCUT2D eigenvalue weighted by molar-refractivity contribution is 7.86. The van der Waals surface area contributed by atoms with Crippen molar-refractivity contribution in [2.75, 3.05) is 65.7 Å². The largest absolute Gasteiger partial charge is 0.381 e. The van der Waals surface area contributed by atoms with Crippen LogP contribution in [0.3, 0.4) is 0 Å². The van der Waals surface area contributed by atoms with E-state index in [-0.39, 0.29) is 17.7 Å². The van der Waals surface area contributed by atoms with Crippen LogP contribution in [0.1, 0.15) is 62.1 Å². The lowest BCUT2D eigenvalue weighted by Crippen LogP contribution is -2.52. The molecule has 1 aromatic rings. The second kappa shape index (κ2) is 10.6. The van der Waals surface area contributed by atoms with E-state index in [4.69, 9.17) is 14.0 Å². The highest BCUT2D eigenvalue weighted by Crippen LogP contribution is 2.32. The maximum Gasteiger partial charge on any atom is 0.282 e. The molecule has 0 bridgehead atoms. The van der Waals surface area contributed by atoms with E-state index in [9.17, 15) is 13.2 Å². The molecule has 190 valence electrons. The van der Waals surface area contributed by atoms with Crippen molar-refractivity contribution < 1.29 is 27.2 Å². The molecule has 0 aliphatic carbocycles. The third-order valence-electron chi connectivity index (χ3n) is 7.63. The van der Waals surface area contributed by atoms with E-state index in [1.807, 2.05) is 4.90 Å². The summed E-state index contributed by atoms with van der Waals surface area (Å²) in [6.45, 7) is 5.28. The molecule has 5 heterocycles. The summed E-state index contributed by atoms with van der Waals surface area (Å²) in [6, 6.07) is 0. The first kappa shape index (κ1) is 24.1. The number of piperidine rings is 2. The van der Waals surface area contributed by atoms with Crippen molar-refractivity contribution in [3.8, 4) is 0 Å². The Hall–Kier alpha value is -1.60. The number of ether oxygens (including phenoxy) is 2. The zero-order valence-electron chi connectivity index (χ0n) is 19.6. The zero-order chi connectivity index (χ0) is 23.5. The van der Waals surface area contributed by atoms with Gasteiger partial charge in [-0.05, 0) is 38.5 Å². The number of hydrogen-bond acceptors (Lipinski definition) is 8. The van der Waals surface area contributed by atoms with Gasteiger partial charge in [-0.1, -0.05) is 5.16 Å². The molecule has 0 radical (unpaired) electrons. The molecule has 4 aliphatic rings. The van der Waals surface area contributed by atoms with Gasteiger partial charge in [0.2, 0.25) is 11.8 Å². The summed E-state index contributed by atoms with van der Waals surface area (Å²) in [6.07, 6.45) is 4.62. The molecule has 0 atom stereocenters. The van der Waals surface area contributed by atoms with E-state index in [2.05, 4.69) is 10.1 Å². The molecule has 4 aliphatic heterocycles. The van der Waals surface area contributed by atoms with Crippen LogP contribution in [0.15, 0.2) is 4.52 Å². The quantitative estimate of drug-likeness (QED) is 0.590.